The van der Waals surface area contributed by atoms with E-state index >= 15 is 0 Å². The van der Waals surface area contributed by atoms with Crippen molar-refractivity contribution in [3.8, 4) is 10.9 Å². The minimum atomic E-state index is 0.528. The van der Waals surface area contributed by atoms with E-state index in [1.165, 1.54) is 25.7 Å². The van der Waals surface area contributed by atoms with Crippen LogP contribution in [0.3, 0.4) is 0 Å². The van der Waals surface area contributed by atoms with Gasteiger partial charge in [0.05, 0.1) is 5.69 Å². The Bertz CT molecular complexity index is 433. The second-order valence-electron chi connectivity index (χ2n) is 3.89. The SMILES string of the molecule is c1nnc(-c2nc(CC3CCC3)cs2)o1. The molecule has 0 N–H and O–H groups in total. The first-order valence-corrected chi connectivity index (χ1v) is 6.01. The molecule has 0 aliphatic heterocycles. The summed E-state index contributed by atoms with van der Waals surface area (Å²) in [6, 6.07) is 0. The minimum absolute atomic E-state index is 0.528. The van der Waals surface area contributed by atoms with Gasteiger partial charge in [0.1, 0.15) is 0 Å². The number of thiazole rings is 1. The average Bonchev–Trinajstić information content (AvgIpc) is 2.82. The third kappa shape index (κ3) is 1.79. The summed E-state index contributed by atoms with van der Waals surface area (Å²) >= 11 is 1.58. The summed E-state index contributed by atoms with van der Waals surface area (Å²) in [5.41, 5.74) is 1.16. The molecule has 15 heavy (non-hydrogen) atoms. The zero-order valence-electron chi connectivity index (χ0n) is 8.22. The average molecular weight is 221 g/mol. The lowest BCUT2D eigenvalue weighted by atomic mass is 9.82. The highest BCUT2D eigenvalue weighted by Crippen LogP contribution is 2.31. The standard InChI is InChI=1S/C10H11N3OS/c1-2-7(3-1)4-8-5-15-10(12-8)9-13-11-6-14-9/h5-7H,1-4H2. The molecule has 0 radical (unpaired) electrons. The van der Waals surface area contributed by atoms with Gasteiger partial charge in [-0.15, -0.1) is 21.5 Å². The van der Waals surface area contributed by atoms with Crippen LogP contribution in [0.5, 0.6) is 0 Å². The summed E-state index contributed by atoms with van der Waals surface area (Å²) in [5, 5.41) is 10.4. The van der Waals surface area contributed by atoms with Crippen molar-refractivity contribution in [2.75, 3.05) is 0 Å². The summed E-state index contributed by atoms with van der Waals surface area (Å²) < 4.78 is 5.10. The molecule has 1 fully saturated rings. The van der Waals surface area contributed by atoms with Gasteiger partial charge in [0.25, 0.3) is 5.89 Å². The van der Waals surface area contributed by atoms with Crippen molar-refractivity contribution in [1.82, 2.24) is 15.2 Å². The topological polar surface area (TPSA) is 51.8 Å². The lowest BCUT2D eigenvalue weighted by Crippen LogP contribution is -2.13. The van der Waals surface area contributed by atoms with Gasteiger partial charge in [0.15, 0.2) is 5.01 Å². The van der Waals surface area contributed by atoms with Gasteiger partial charge in [-0.25, -0.2) is 4.98 Å². The molecule has 2 aromatic rings. The summed E-state index contributed by atoms with van der Waals surface area (Å²) in [6.07, 6.45) is 6.53. The van der Waals surface area contributed by atoms with Crippen molar-refractivity contribution in [3.63, 3.8) is 0 Å². The van der Waals surface area contributed by atoms with E-state index in [2.05, 4.69) is 20.6 Å². The number of nitrogens with zero attached hydrogens (tertiary/aromatic N) is 3. The molecule has 0 unspecified atom stereocenters. The Morgan fingerprint density at radius 1 is 1.47 bits per heavy atom. The molecule has 2 heterocycles. The van der Waals surface area contributed by atoms with Crippen LogP contribution in [0.15, 0.2) is 16.2 Å². The third-order valence-electron chi connectivity index (χ3n) is 2.82. The first-order chi connectivity index (χ1) is 7.42. The Morgan fingerprint density at radius 3 is 3.07 bits per heavy atom. The Labute approximate surface area is 91.4 Å². The molecule has 0 bridgehead atoms. The summed E-state index contributed by atoms with van der Waals surface area (Å²) in [5.74, 6) is 1.38. The Balaban J connectivity index is 1.75. The summed E-state index contributed by atoms with van der Waals surface area (Å²) in [6.45, 7) is 0. The largest absolute Gasteiger partial charge is 0.422 e. The first kappa shape index (κ1) is 9.03. The summed E-state index contributed by atoms with van der Waals surface area (Å²) in [7, 11) is 0. The Hall–Kier alpha value is -1.23. The van der Waals surface area contributed by atoms with Crippen LogP contribution in [0, 0.1) is 5.92 Å². The zero-order valence-corrected chi connectivity index (χ0v) is 9.04. The molecule has 0 spiro atoms. The smallest absolute Gasteiger partial charge is 0.276 e. The van der Waals surface area contributed by atoms with Crippen molar-refractivity contribution in [1.29, 1.82) is 0 Å². The minimum Gasteiger partial charge on any atom is -0.422 e. The fourth-order valence-corrected chi connectivity index (χ4v) is 2.51. The molecule has 2 aromatic heterocycles. The van der Waals surface area contributed by atoms with E-state index in [-0.39, 0.29) is 0 Å². The molecule has 1 saturated carbocycles. The molecule has 0 aromatic carbocycles. The van der Waals surface area contributed by atoms with E-state index in [0.717, 1.165) is 23.0 Å². The van der Waals surface area contributed by atoms with Crippen molar-refractivity contribution >= 4 is 11.3 Å². The number of hydrogen-bond acceptors (Lipinski definition) is 5. The lowest BCUT2D eigenvalue weighted by Gasteiger charge is -2.24. The van der Waals surface area contributed by atoms with Crippen LogP contribution in [-0.4, -0.2) is 15.2 Å². The second-order valence-corrected chi connectivity index (χ2v) is 4.75. The highest BCUT2D eigenvalue weighted by Gasteiger charge is 2.19. The van der Waals surface area contributed by atoms with Gasteiger partial charge < -0.3 is 4.42 Å². The highest BCUT2D eigenvalue weighted by molar-refractivity contribution is 7.13. The van der Waals surface area contributed by atoms with Crippen LogP contribution in [0.1, 0.15) is 25.0 Å². The second kappa shape index (κ2) is 3.73. The number of rotatable bonds is 3. The monoisotopic (exact) mass is 221 g/mol. The van der Waals surface area contributed by atoms with Crippen molar-refractivity contribution < 1.29 is 4.42 Å². The molecule has 0 atom stereocenters. The lowest BCUT2D eigenvalue weighted by molar-refractivity contribution is 0.312. The van der Waals surface area contributed by atoms with E-state index < -0.39 is 0 Å². The van der Waals surface area contributed by atoms with Crippen LogP contribution in [0.2, 0.25) is 0 Å². The van der Waals surface area contributed by atoms with E-state index in [4.69, 9.17) is 4.42 Å². The quantitative estimate of drug-likeness (QED) is 0.799. The third-order valence-corrected chi connectivity index (χ3v) is 3.70. The molecule has 1 aliphatic carbocycles. The van der Waals surface area contributed by atoms with Crippen molar-refractivity contribution in [3.05, 3.63) is 17.5 Å². The van der Waals surface area contributed by atoms with Gasteiger partial charge in [0.2, 0.25) is 6.39 Å². The normalized spacial score (nSPS) is 16.5. The van der Waals surface area contributed by atoms with E-state index in [9.17, 15) is 0 Å². The maximum absolute atomic E-state index is 5.10. The molecule has 3 rings (SSSR count). The molecule has 0 saturated heterocycles. The predicted octanol–water partition coefficient (Wildman–Crippen LogP) is 2.54. The Morgan fingerprint density at radius 2 is 2.40 bits per heavy atom. The molecule has 4 nitrogen and oxygen atoms in total. The molecule has 5 heteroatoms. The van der Waals surface area contributed by atoms with Crippen LogP contribution in [0.4, 0.5) is 0 Å². The maximum Gasteiger partial charge on any atom is 0.276 e. The Kier molecular flexibility index (Phi) is 2.25. The van der Waals surface area contributed by atoms with Gasteiger partial charge in [-0.1, -0.05) is 19.3 Å². The van der Waals surface area contributed by atoms with E-state index in [1.807, 2.05) is 0 Å². The summed E-state index contributed by atoms with van der Waals surface area (Å²) in [4.78, 5) is 4.50. The predicted molar refractivity (Wildman–Crippen MR) is 56.5 cm³/mol. The molecule has 78 valence electrons. The fourth-order valence-electron chi connectivity index (χ4n) is 1.76. The molecule has 1 aliphatic rings. The van der Waals surface area contributed by atoms with Gasteiger partial charge in [0, 0.05) is 5.38 Å². The number of hydrogen-bond donors (Lipinski definition) is 0. The molecular formula is C10H11N3OS. The molecule has 0 amide bonds. The van der Waals surface area contributed by atoms with Gasteiger partial charge in [-0.3, -0.25) is 0 Å². The van der Waals surface area contributed by atoms with Crippen molar-refractivity contribution in [2.45, 2.75) is 25.7 Å². The first-order valence-electron chi connectivity index (χ1n) is 5.13. The van der Waals surface area contributed by atoms with Crippen LogP contribution in [-0.2, 0) is 6.42 Å². The van der Waals surface area contributed by atoms with Crippen molar-refractivity contribution in [2.24, 2.45) is 5.92 Å². The molecular weight excluding hydrogens is 210 g/mol. The highest BCUT2D eigenvalue weighted by atomic mass is 32.1. The van der Waals surface area contributed by atoms with Gasteiger partial charge >= 0.3 is 0 Å². The van der Waals surface area contributed by atoms with Crippen LogP contribution < -0.4 is 0 Å². The van der Waals surface area contributed by atoms with Crippen LogP contribution in [0.25, 0.3) is 10.9 Å². The van der Waals surface area contributed by atoms with E-state index in [1.54, 1.807) is 11.3 Å². The van der Waals surface area contributed by atoms with Gasteiger partial charge in [-0.05, 0) is 12.3 Å². The van der Waals surface area contributed by atoms with Gasteiger partial charge in [-0.2, -0.15) is 0 Å². The number of aromatic nitrogens is 3. The van der Waals surface area contributed by atoms with E-state index in [0.29, 0.717) is 5.89 Å². The fraction of sp³-hybridized carbons (Fsp3) is 0.500. The van der Waals surface area contributed by atoms with Crippen LogP contribution >= 0.6 is 11.3 Å². The maximum atomic E-state index is 5.10. The zero-order chi connectivity index (χ0) is 10.1.